The first-order valence-electron chi connectivity index (χ1n) is 5.44. The maximum absolute atomic E-state index is 13.4. The minimum atomic E-state index is -0.406. The lowest BCUT2D eigenvalue weighted by atomic mass is 10.0. The first-order valence-corrected chi connectivity index (χ1v) is 5.82. The number of hydrogen-bond donors (Lipinski definition) is 1. The summed E-state index contributed by atoms with van der Waals surface area (Å²) in [5, 5.41) is 0.323. The summed E-state index contributed by atoms with van der Waals surface area (Å²) in [6, 6.07) is 4.55. The molecule has 0 unspecified atom stereocenters. The highest BCUT2D eigenvalue weighted by Crippen LogP contribution is 2.49. The Bertz CT molecular complexity index is 359. The number of rotatable bonds is 5. The third-order valence-corrected chi connectivity index (χ3v) is 3.37. The van der Waals surface area contributed by atoms with Crippen LogP contribution >= 0.6 is 11.6 Å². The van der Waals surface area contributed by atoms with Crippen LogP contribution in [0.1, 0.15) is 19.3 Å². The molecule has 1 saturated carbocycles. The fourth-order valence-electron chi connectivity index (χ4n) is 1.80. The fourth-order valence-corrected chi connectivity index (χ4v) is 2.01. The highest BCUT2D eigenvalue weighted by molar-refractivity contribution is 6.32. The summed E-state index contributed by atoms with van der Waals surface area (Å²) in [4.78, 5) is 0. The molecule has 1 aromatic rings. The average Bonchev–Trinajstić information content (AvgIpc) is 2.98. The van der Waals surface area contributed by atoms with Crippen molar-refractivity contribution in [2.45, 2.75) is 19.3 Å². The topological polar surface area (TPSA) is 35.2 Å². The molecule has 4 heteroatoms. The quantitative estimate of drug-likeness (QED) is 0.863. The number of halogens is 2. The van der Waals surface area contributed by atoms with Crippen LogP contribution in [-0.2, 0) is 0 Å². The van der Waals surface area contributed by atoms with Crippen molar-refractivity contribution in [3.63, 3.8) is 0 Å². The molecule has 0 saturated heterocycles. The normalized spacial score (nSPS) is 17.2. The van der Waals surface area contributed by atoms with Crippen LogP contribution in [0, 0.1) is 11.2 Å². The van der Waals surface area contributed by atoms with E-state index in [9.17, 15) is 4.39 Å². The van der Waals surface area contributed by atoms with Crippen molar-refractivity contribution in [3.05, 3.63) is 29.0 Å². The Labute approximate surface area is 99.5 Å². The van der Waals surface area contributed by atoms with E-state index >= 15 is 0 Å². The maximum Gasteiger partial charge on any atom is 0.173 e. The molecule has 2 nitrogen and oxygen atoms in total. The molecule has 1 aliphatic carbocycles. The van der Waals surface area contributed by atoms with Crippen molar-refractivity contribution in [1.29, 1.82) is 0 Å². The van der Waals surface area contributed by atoms with Crippen molar-refractivity contribution < 1.29 is 9.13 Å². The minimum Gasteiger partial charge on any atom is -0.488 e. The summed E-state index contributed by atoms with van der Waals surface area (Å²) in [5.41, 5.74) is 5.69. The van der Waals surface area contributed by atoms with Crippen LogP contribution in [0.3, 0.4) is 0 Å². The van der Waals surface area contributed by atoms with Crippen LogP contribution < -0.4 is 10.5 Å². The van der Waals surface area contributed by atoms with E-state index in [1.807, 2.05) is 0 Å². The van der Waals surface area contributed by atoms with E-state index in [0.717, 1.165) is 19.3 Å². The summed E-state index contributed by atoms with van der Waals surface area (Å²) in [6.45, 7) is 1.15. The van der Waals surface area contributed by atoms with Gasteiger partial charge in [-0.3, -0.25) is 0 Å². The van der Waals surface area contributed by atoms with Gasteiger partial charge in [0.2, 0.25) is 0 Å². The Kier molecular flexibility index (Phi) is 3.36. The number of hydrogen-bond acceptors (Lipinski definition) is 2. The van der Waals surface area contributed by atoms with Gasteiger partial charge in [-0.25, -0.2) is 4.39 Å². The Morgan fingerprint density at radius 1 is 1.44 bits per heavy atom. The second-order valence-electron chi connectivity index (χ2n) is 4.38. The summed E-state index contributed by atoms with van der Waals surface area (Å²) in [5.74, 6) is -0.247. The van der Waals surface area contributed by atoms with Crippen LogP contribution in [-0.4, -0.2) is 13.2 Å². The molecular weight excluding hydrogens is 229 g/mol. The summed E-state index contributed by atoms with van der Waals surface area (Å²) < 4.78 is 18.9. The zero-order chi connectivity index (χ0) is 11.6. The molecule has 0 bridgehead atoms. The van der Waals surface area contributed by atoms with Crippen LogP contribution in [0.25, 0.3) is 0 Å². The molecule has 1 aliphatic rings. The maximum atomic E-state index is 13.4. The van der Waals surface area contributed by atoms with Gasteiger partial charge >= 0.3 is 0 Å². The first kappa shape index (κ1) is 11.7. The molecule has 16 heavy (non-hydrogen) atoms. The zero-order valence-corrected chi connectivity index (χ0v) is 9.77. The summed E-state index contributed by atoms with van der Waals surface area (Å²) >= 11 is 5.87. The summed E-state index contributed by atoms with van der Waals surface area (Å²) in [6.07, 6.45) is 3.14. The SMILES string of the molecule is NCCC1(COc2c(F)cccc2Cl)CC1. The standard InChI is InChI=1S/C12H15ClFNO/c13-9-2-1-3-10(14)11(9)16-8-12(4-5-12)6-7-15/h1-3H,4-8,15H2. The van der Waals surface area contributed by atoms with E-state index in [0.29, 0.717) is 18.2 Å². The average molecular weight is 244 g/mol. The second-order valence-corrected chi connectivity index (χ2v) is 4.79. The van der Waals surface area contributed by atoms with Crippen LogP contribution in [0.15, 0.2) is 18.2 Å². The van der Waals surface area contributed by atoms with Gasteiger partial charge in [0.15, 0.2) is 11.6 Å². The van der Waals surface area contributed by atoms with Gasteiger partial charge in [-0.1, -0.05) is 17.7 Å². The predicted octanol–water partition coefficient (Wildman–Crippen LogP) is 2.99. The highest BCUT2D eigenvalue weighted by Gasteiger charge is 2.42. The minimum absolute atomic E-state index is 0.160. The van der Waals surface area contributed by atoms with E-state index in [2.05, 4.69) is 0 Å². The molecule has 0 heterocycles. The molecule has 88 valence electrons. The smallest absolute Gasteiger partial charge is 0.173 e. The van der Waals surface area contributed by atoms with Crippen molar-refractivity contribution in [1.82, 2.24) is 0 Å². The third kappa shape index (κ3) is 2.47. The lowest BCUT2D eigenvalue weighted by molar-refractivity contribution is 0.219. The fraction of sp³-hybridized carbons (Fsp3) is 0.500. The van der Waals surface area contributed by atoms with E-state index in [4.69, 9.17) is 22.1 Å². The molecule has 1 aromatic carbocycles. The molecule has 0 spiro atoms. The molecule has 0 amide bonds. The van der Waals surface area contributed by atoms with Gasteiger partial charge in [0.05, 0.1) is 11.6 Å². The molecule has 2 N–H and O–H groups in total. The van der Waals surface area contributed by atoms with E-state index in [1.54, 1.807) is 12.1 Å². The number of ether oxygens (including phenoxy) is 1. The zero-order valence-electron chi connectivity index (χ0n) is 9.01. The van der Waals surface area contributed by atoms with Gasteiger partial charge in [0, 0.05) is 5.41 Å². The van der Waals surface area contributed by atoms with Gasteiger partial charge in [-0.2, -0.15) is 0 Å². The van der Waals surface area contributed by atoms with E-state index in [1.165, 1.54) is 6.07 Å². The van der Waals surface area contributed by atoms with Crippen LogP contribution in [0.2, 0.25) is 5.02 Å². The van der Waals surface area contributed by atoms with E-state index < -0.39 is 5.82 Å². The lowest BCUT2D eigenvalue weighted by Gasteiger charge is -2.16. The Hall–Kier alpha value is -0.800. The largest absolute Gasteiger partial charge is 0.488 e. The monoisotopic (exact) mass is 243 g/mol. The number of benzene rings is 1. The van der Waals surface area contributed by atoms with E-state index in [-0.39, 0.29) is 11.2 Å². The molecule has 0 radical (unpaired) electrons. The highest BCUT2D eigenvalue weighted by atomic mass is 35.5. The Morgan fingerprint density at radius 3 is 2.75 bits per heavy atom. The van der Waals surface area contributed by atoms with Crippen LogP contribution in [0.4, 0.5) is 4.39 Å². The molecule has 0 atom stereocenters. The molecule has 0 aliphatic heterocycles. The van der Waals surface area contributed by atoms with Crippen molar-refractivity contribution in [3.8, 4) is 5.75 Å². The van der Waals surface area contributed by atoms with Gasteiger partial charge in [0.1, 0.15) is 0 Å². The lowest BCUT2D eigenvalue weighted by Crippen LogP contribution is -2.17. The van der Waals surface area contributed by atoms with Crippen molar-refractivity contribution in [2.75, 3.05) is 13.2 Å². The van der Waals surface area contributed by atoms with Gasteiger partial charge in [-0.05, 0) is 37.9 Å². The number of nitrogens with two attached hydrogens (primary N) is 1. The summed E-state index contributed by atoms with van der Waals surface area (Å²) in [7, 11) is 0. The number of para-hydroxylation sites is 1. The van der Waals surface area contributed by atoms with Gasteiger partial charge in [0.25, 0.3) is 0 Å². The van der Waals surface area contributed by atoms with Crippen molar-refractivity contribution in [2.24, 2.45) is 11.1 Å². The van der Waals surface area contributed by atoms with Gasteiger partial charge in [-0.15, -0.1) is 0 Å². The van der Waals surface area contributed by atoms with Crippen molar-refractivity contribution >= 4 is 11.6 Å². The second kappa shape index (κ2) is 4.60. The molecular formula is C12H15ClFNO. The Balaban J connectivity index is 2.00. The third-order valence-electron chi connectivity index (χ3n) is 3.07. The van der Waals surface area contributed by atoms with Gasteiger partial charge < -0.3 is 10.5 Å². The molecule has 0 aromatic heterocycles. The first-order chi connectivity index (χ1) is 7.67. The Morgan fingerprint density at radius 2 is 2.19 bits per heavy atom. The van der Waals surface area contributed by atoms with Crippen LogP contribution in [0.5, 0.6) is 5.75 Å². The predicted molar refractivity (Wildman–Crippen MR) is 62.2 cm³/mol. The molecule has 1 fully saturated rings. The molecule has 2 rings (SSSR count).